The predicted octanol–water partition coefficient (Wildman–Crippen LogP) is 6.93. The van der Waals surface area contributed by atoms with Crippen LogP contribution in [0.4, 0.5) is 0 Å². The highest BCUT2D eigenvalue weighted by Gasteiger charge is 2.59. The minimum Gasteiger partial charge on any atom is -0.462 e. The molecule has 4 rings (SSSR count). The van der Waals surface area contributed by atoms with Crippen molar-refractivity contribution in [3.63, 3.8) is 0 Å². The number of carbonyl (C=O) groups is 1. The molecule has 0 amide bonds. The molecule has 3 nitrogen and oxygen atoms in total. The number of carbonyl (C=O) groups excluding carboxylic acids is 1. The maximum absolute atomic E-state index is 11.9. The topological polar surface area (TPSA) is 46.5 Å². The van der Waals surface area contributed by atoms with E-state index >= 15 is 0 Å². The molecule has 0 aromatic heterocycles. The number of rotatable bonds is 6. The second kappa shape index (κ2) is 9.08. The number of aliphatic hydroxyl groups excluding tert-OH is 1. The summed E-state index contributed by atoms with van der Waals surface area (Å²) in [5.74, 6) is 3.96. The van der Waals surface area contributed by atoms with Gasteiger partial charge in [0, 0.05) is 6.92 Å². The van der Waals surface area contributed by atoms with Gasteiger partial charge in [-0.1, -0.05) is 46.3 Å². The third-order valence-electron chi connectivity index (χ3n) is 10.7. The number of fused-ring (bicyclic) bond motifs is 5. The van der Waals surface area contributed by atoms with Crippen molar-refractivity contribution in [3.05, 3.63) is 11.6 Å². The number of allylic oxidation sites excluding steroid dienone is 1. The first-order valence-electron chi connectivity index (χ1n) is 13.6. The largest absolute Gasteiger partial charge is 0.462 e. The molecule has 4 aliphatic rings. The molecule has 32 heavy (non-hydrogen) atoms. The Morgan fingerprint density at radius 3 is 2.53 bits per heavy atom. The van der Waals surface area contributed by atoms with Gasteiger partial charge in [0.05, 0.1) is 6.10 Å². The van der Waals surface area contributed by atoms with E-state index in [0.717, 1.165) is 49.9 Å². The minimum absolute atomic E-state index is 0.0587. The van der Waals surface area contributed by atoms with Gasteiger partial charge < -0.3 is 9.84 Å². The van der Waals surface area contributed by atoms with E-state index in [1.54, 1.807) is 12.5 Å². The van der Waals surface area contributed by atoms with E-state index in [1.807, 2.05) is 0 Å². The highest BCUT2D eigenvalue weighted by atomic mass is 16.5. The summed E-state index contributed by atoms with van der Waals surface area (Å²) in [5, 5.41) is 10.3. The van der Waals surface area contributed by atoms with Gasteiger partial charge in [-0.2, -0.15) is 0 Å². The summed E-state index contributed by atoms with van der Waals surface area (Å²) in [6, 6.07) is 0. The summed E-state index contributed by atoms with van der Waals surface area (Å²) in [7, 11) is 0. The molecule has 3 heteroatoms. The molecule has 0 heterocycles. The first-order valence-corrected chi connectivity index (χ1v) is 13.6. The number of hydrogen-bond donors (Lipinski definition) is 1. The Balaban J connectivity index is 1.54. The van der Waals surface area contributed by atoms with Crippen LogP contribution in [0.2, 0.25) is 0 Å². The maximum atomic E-state index is 11.9. The standard InChI is InChI=1S/C29H48O3/c1-18(2)7-12-27(32-20(4)30)19(3)24-10-11-25-23-9-8-21-17-22(31)13-15-28(21,5)26(23)14-16-29(24,25)6/h8,18-19,22-27,31H,7,9-17H2,1-6H3/t19-,22?,23-,24+,25-,26-,27-,28-,29+/m0/s1. The lowest BCUT2D eigenvalue weighted by molar-refractivity contribution is -0.152. The highest BCUT2D eigenvalue weighted by Crippen LogP contribution is 2.67. The molecule has 0 bridgehead atoms. The van der Waals surface area contributed by atoms with Gasteiger partial charge in [0.25, 0.3) is 0 Å². The fourth-order valence-electron chi connectivity index (χ4n) is 8.94. The second-order valence-electron chi connectivity index (χ2n) is 12.9. The van der Waals surface area contributed by atoms with Crippen LogP contribution in [0.15, 0.2) is 11.6 Å². The van der Waals surface area contributed by atoms with E-state index in [0.29, 0.717) is 28.6 Å². The van der Waals surface area contributed by atoms with Crippen molar-refractivity contribution in [1.29, 1.82) is 0 Å². The lowest BCUT2D eigenvalue weighted by Crippen LogP contribution is -2.51. The van der Waals surface area contributed by atoms with E-state index in [-0.39, 0.29) is 18.2 Å². The van der Waals surface area contributed by atoms with Crippen molar-refractivity contribution in [2.75, 3.05) is 0 Å². The Hall–Kier alpha value is -0.830. The summed E-state index contributed by atoms with van der Waals surface area (Å²) in [6.07, 6.45) is 14.1. The van der Waals surface area contributed by atoms with Crippen LogP contribution in [0.25, 0.3) is 0 Å². The van der Waals surface area contributed by atoms with Crippen LogP contribution in [0.3, 0.4) is 0 Å². The summed E-state index contributed by atoms with van der Waals surface area (Å²) in [4.78, 5) is 11.9. The molecular formula is C29H48O3. The first kappa shape index (κ1) is 24.3. The Kier molecular flexibility index (Phi) is 6.90. The molecule has 9 atom stereocenters. The highest BCUT2D eigenvalue weighted by molar-refractivity contribution is 5.66. The molecule has 1 unspecified atom stereocenters. The molecule has 1 N–H and O–H groups in total. The summed E-state index contributed by atoms with van der Waals surface area (Å²) in [5.41, 5.74) is 2.24. The van der Waals surface area contributed by atoms with Crippen molar-refractivity contribution in [1.82, 2.24) is 0 Å². The quantitative estimate of drug-likeness (QED) is 0.357. The van der Waals surface area contributed by atoms with Gasteiger partial charge in [0.1, 0.15) is 6.10 Å². The summed E-state index contributed by atoms with van der Waals surface area (Å²) < 4.78 is 5.93. The molecule has 0 saturated heterocycles. The number of esters is 1. The van der Waals surface area contributed by atoms with Crippen LogP contribution in [0.1, 0.15) is 106 Å². The van der Waals surface area contributed by atoms with Crippen molar-refractivity contribution in [2.45, 2.75) is 118 Å². The Morgan fingerprint density at radius 1 is 1.09 bits per heavy atom. The van der Waals surface area contributed by atoms with Crippen LogP contribution in [0.5, 0.6) is 0 Å². The first-order chi connectivity index (χ1) is 15.1. The molecule has 0 aromatic rings. The van der Waals surface area contributed by atoms with Gasteiger partial charge in [0.2, 0.25) is 0 Å². The Labute approximate surface area is 196 Å². The van der Waals surface area contributed by atoms with Crippen molar-refractivity contribution >= 4 is 5.97 Å². The summed E-state index contributed by atoms with van der Waals surface area (Å²) in [6.45, 7) is 13.6. The molecule has 0 spiro atoms. The predicted molar refractivity (Wildman–Crippen MR) is 130 cm³/mol. The molecule has 0 aliphatic heterocycles. The molecule has 4 aliphatic carbocycles. The molecule has 182 valence electrons. The molecule has 3 saturated carbocycles. The fraction of sp³-hybridized carbons (Fsp3) is 0.897. The van der Waals surface area contributed by atoms with Gasteiger partial charge in [-0.25, -0.2) is 0 Å². The Morgan fingerprint density at radius 2 is 1.84 bits per heavy atom. The van der Waals surface area contributed by atoms with Crippen molar-refractivity contribution < 1.29 is 14.6 Å². The monoisotopic (exact) mass is 444 g/mol. The number of ether oxygens (including phenoxy) is 1. The smallest absolute Gasteiger partial charge is 0.302 e. The van der Waals surface area contributed by atoms with Crippen LogP contribution < -0.4 is 0 Å². The lowest BCUT2D eigenvalue weighted by Gasteiger charge is -2.58. The van der Waals surface area contributed by atoms with Crippen LogP contribution in [-0.4, -0.2) is 23.3 Å². The van der Waals surface area contributed by atoms with Crippen LogP contribution in [-0.2, 0) is 9.53 Å². The second-order valence-corrected chi connectivity index (χ2v) is 12.9. The molecule has 0 aromatic carbocycles. The minimum atomic E-state index is -0.125. The van der Waals surface area contributed by atoms with Crippen molar-refractivity contribution in [2.24, 2.45) is 46.3 Å². The van der Waals surface area contributed by atoms with Gasteiger partial charge >= 0.3 is 5.97 Å². The normalized spacial score (nSPS) is 43.0. The zero-order chi connectivity index (χ0) is 23.3. The average Bonchev–Trinajstić information content (AvgIpc) is 3.08. The fourth-order valence-corrected chi connectivity index (χ4v) is 8.94. The average molecular weight is 445 g/mol. The van der Waals surface area contributed by atoms with Crippen LogP contribution in [0, 0.1) is 46.3 Å². The maximum Gasteiger partial charge on any atom is 0.302 e. The van der Waals surface area contributed by atoms with Gasteiger partial charge in [-0.3, -0.25) is 4.79 Å². The van der Waals surface area contributed by atoms with Gasteiger partial charge in [0.15, 0.2) is 0 Å². The van der Waals surface area contributed by atoms with Crippen LogP contribution >= 0.6 is 0 Å². The third-order valence-corrected chi connectivity index (χ3v) is 10.7. The van der Waals surface area contributed by atoms with E-state index in [9.17, 15) is 9.90 Å². The molecule has 3 fully saturated rings. The van der Waals surface area contributed by atoms with E-state index in [4.69, 9.17) is 4.74 Å². The van der Waals surface area contributed by atoms with E-state index < -0.39 is 0 Å². The van der Waals surface area contributed by atoms with Crippen molar-refractivity contribution in [3.8, 4) is 0 Å². The number of aliphatic hydroxyl groups is 1. The molecular weight excluding hydrogens is 396 g/mol. The van der Waals surface area contributed by atoms with Gasteiger partial charge in [-0.15, -0.1) is 0 Å². The third kappa shape index (κ3) is 4.21. The SMILES string of the molecule is CC(=O)O[C@@H](CCC(C)C)[C@@H](C)[C@H]1CC[C@H]2[C@@H]3CC=C4CC(O)CC[C@]4(C)[C@H]3CC[C@]12C. The van der Waals surface area contributed by atoms with E-state index in [1.165, 1.54) is 32.1 Å². The zero-order valence-electron chi connectivity index (χ0n) is 21.5. The number of hydrogen-bond acceptors (Lipinski definition) is 3. The summed E-state index contributed by atoms with van der Waals surface area (Å²) >= 11 is 0. The van der Waals surface area contributed by atoms with Gasteiger partial charge in [-0.05, 0) is 111 Å². The molecule has 0 radical (unpaired) electrons. The van der Waals surface area contributed by atoms with E-state index in [2.05, 4.69) is 40.7 Å². The lowest BCUT2D eigenvalue weighted by atomic mass is 9.47. The zero-order valence-corrected chi connectivity index (χ0v) is 21.5. The Bertz CT molecular complexity index is 726.